The zero-order chi connectivity index (χ0) is 16.2. The lowest BCUT2D eigenvalue weighted by Gasteiger charge is -2.25. The van der Waals surface area contributed by atoms with Crippen LogP contribution < -0.4 is 10.2 Å². The largest absolute Gasteiger partial charge is 0.348 e. The summed E-state index contributed by atoms with van der Waals surface area (Å²) in [6, 6.07) is 7.92. The van der Waals surface area contributed by atoms with Crippen LogP contribution in [0.2, 0.25) is 0 Å². The maximum Gasteiger partial charge on any atom is 0.226 e. The molecule has 1 aliphatic heterocycles. The summed E-state index contributed by atoms with van der Waals surface area (Å²) in [4.78, 5) is 19.0. The van der Waals surface area contributed by atoms with Crippen molar-refractivity contribution >= 4 is 28.1 Å². The van der Waals surface area contributed by atoms with Gasteiger partial charge in [-0.2, -0.15) is 0 Å². The average Bonchev–Trinajstić information content (AvgIpc) is 3.06. The van der Waals surface area contributed by atoms with Gasteiger partial charge in [-0.05, 0) is 31.4 Å². The summed E-state index contributed by atoms with van der Waals surface area (Å²) in [5, 5.41) is 6.16. The van der Waals surface area contributed by atoms with E-state index in [0.717, 1.165) is 35.2 Å². The van der Waals surface area contributed by atoms with Gasteiger partial charge in [0.05, 0.1) is 5.69 Å². The van der Waals surface area contributed by atoms with Crippen molar-refractivity contribution in [2.75, 3.05) is 23.3 Å². The molecule has 1 aromatic carbocycles. The smallest absolute Gasteiger partial charge is 0.226 e. The number of nitrogens with one attached hydrogen (secondary N) is 1. The molecule has 1 N–H and O–H groups in total. The number of hydrogen-bond donors (Lipinski definition) is 1. The van der Waals surface area contributed by atoms with E-state index in [1.165, 1.54) is 19.3 Å². The second kappa shape index (κ2) is 7.13. The van der Waals surface area contributed by atoms with Gasteiger partial charge in [0.25, 0.3) is 0 Å². The summed E-state index contributed by atoms with van der Waals surface area (Å²) in [5.41, 5.74) is 2.86. The standard InChI is InChI=1S/C18H23N3OS/c1-13(2)17(22)19-15-8-6-7-14(11-15)16-12-23-18(20-16)21-9-4-3-5-10-21/h6-8,11-13H,3-5,9-10H2,1-2H3,(H,19,22). The van der Waals surface area contributed by atoms with Crippen LogP contribution >= 0.6 is 11.3 Å². The Bertz CT molecular complexity index is 674. The Morgan fingerprint density at radius 3 is 2.78 bits per heavy atom. The van der Waals surface area contributed by atoms with Gasteiger partial charge in [0.1, 0.15) is 0 Å². The Hall–Kier alpha value is -1.88. The number of piperidine rings is 1. The highest BCUT2D eigenvalue weighted by Crippen LogP contribution is 2.30. The second-order valence-corrected chi connectivity index (χ2v) is 7.12. The van der Waals surface area contributed by atoms with Crippen LogP contribution in [0, 0.1) is 5.92 Å². The Kier molecular flexibility index (Phi) is 4.96. The number of rotatable bonds is 4. The Morgan fingerprint density at radius 1 is 1.26 bits per heavy atom. The lowest BCUT2D eigenvalue weighted by molar-refractivity contribution is -0.118. The number of aromatic nitrogens is 1. The quantitative estimate of drug-likeness (QED) is 0.904. The number of benzene rings is 1. The van der Waals surface area contributed by atoms with Crippen molar-refractivity contribution in [3.05, 3.63) is 29.6 Å². The molecule has 1 aromatic heterocycles. The van der Waals surface area contributed by atoms with E-state index in [-0.39, 0.29) is 11.8 Å². The third-order valence-corrected chi connectivity index (χ3v) is 4.97. The molecule has 0 aliphatic carbocycles. The van der Waals surface area contributed by atoms with Crippen molar-refractivity contribution in [1.82, 2.24) is 4.98 Å². The number of carbonyl (C=O) groups excluding carboxylic acids is 1. The van der Waals surface area contributed by atoms with Crippen LogP contribution in [0.15, 0.2) is 29.6 Å². The summed E-state index contributed by atoms with van der Waals surface area (Å²) >= 11 is 1.70. The minimum Gasteiger partial charge on any atom is -0.348 e. The molecule has 1 saturated heterocycles. The predicted octanol–water partition coefficient (Wildman–Crippen LogP) is 4.39. The molecular weight excluding hydrogens is 306 g/mol. The molecule has 1 amide bonds. The first-order valence-electron chi connectivity index (χ1n) is 8.25. The van der Waals surface area contributed by atoms with Crippen LogP contribution in [0.1, 0.15) is 33.1 Å². The molecule has 122 valence electrons. The van der Waals surface area contributed by atoms with Crippen molar-refractivity contribution in [3.8, 4) is 11.3 Å². The van der Waals surface area contributed by atoms with Crippen LogP contribution in [-0.2, 0) is 4.79 Å². The number of thiazole rings is 1. The number of anilines is 2. The van der Waals surface area contributed by atoms with E-state index in [4.69, 9.17) is 4.98 Å². The molecule has 0 unspecified atom stereocenters. The number of carbonyl (C=O) groups is 1. The number of amides is 1. The summed E-state index contributed by atoms with van der Waals surface area (Å²) in [7, 11) is 0. The van der Waals surface area contributed by atoms with Gasteiger partial charge in [-0.15, -0.1) is 11.3 Å². The first-order chi connectivity index (χ1) is 11.1. The molecule has 3 rings (SSSR count). The molecule has 0 spiro atoms. The highest BCUT2D eigenvalue weighted by atomic mass is 32.1. The molecule has 0 bridgehead atoms. The van der Waals surface area contributed by atoms with E-state index >= 15 is 0 Å². The molecule has 5 heteroatoms. The van der Waals surface area contributed by atoms with Crippen molar-refractivity contribution in [2.45, 2.75) is 33.1 Å². The zero-order valence-electron chi connectivity index (χ0n) is 13.7. The van der Waals surface area contributed by atoms with Crippen molar-refractivity contribution in [1.29, 1.82) is 0 Å². The third kappa shape index (κ3) is 3.91. The van der Waals surface area contributed by atoms with Crippen LogP contribution in [0.3, 0.4) is 0 Å². The minimum absolute atomic E-state index is 0.0244. The molecule has 1 aliphatic rings. The molecule has 0 radical (unpaired) electrons. The van der Waals surface area contributed by atoms with Crippen LogP contribution in [0.25, 0.3) is 11.3 Å². The fourth-order valence-electron chi connectivity index (χ4n) is 2.67. The third-order valence-electron chi connectivity index (χ3n) is 4.07. The van der Waals surface area contributed by atoms with E-state index in [9.17, 15) is 4.79 Å². The molecule has 0 atom stereocenters. The molecule has 23 heavy (non-hydrogen) atoms. The van der Waals surface area contributed by atoms with Gasteiger partial charge >= 0.3 is 0 Å². The van der Waals surface area contributed by atoms with Gasteiger partial charge in [0, 0.05) is 35.6 Å². The first kappa shape index (κ1) is 16.0. The van der Waals surface area contributed by atoms with Gasteiger partial charge < -0.3 is 10.2 Å². The Morgan fingerprint density at radius 2 is 2.04 bits per heavy atom. The minimum atomic E-state index is -0.0244. The molecule has 1 fully saturated rings. The summed E-state index contributed by atoms with van der Waals surface area (Å²) < 4.78 is 0. The Balaban J connectivity index is 1.76. The maximum absolute atomic E-state index is 11.8. The summed E-state index contributed by atoms with van der Waals surface area (Å²) in [6.45, 7) is 6.00. The number of hydrogen-bond acceptors (Lipinski definition) is 4. The van der Waals surface area contributed by atoms with Crippen LogP contribution in [-0.4, -0.2) is 24.0 Å². The van der Waals surface area contributed by atoms with E-state index in [1.807, 2.05) is 38.1 Å². The first-order valence-corrected chi connectivity index (χ1v) is 9.13. The predicted molar refractivity (Wildman–Crippen MR) is 97.1 cm³/mol. The SMILES string of the molecule is CC(C)C(=O)Nc1cccc(-c2csc(N3CCCCC3)n2)c1. The summed E-state index contributed by atoms with van der Waals surface area (Å²) in [6.07, 6.45) is 3.84. The summed E-state index contributed by atoms with van der Waals surface area (Å²) in [5.74, 6) is 0.0121. The van der Waals surface area contributed by atoms with Crippen molar-refractivity contribution < 1.29 is 4.79 Å². The van der Waals surface area contributed by atoms with E-state index in [0.29, 0.717) is 0 Å². The highest BCUT2D eigenvalue weighted by molar-refractivity contribution is 7.14. The number of nitrogens with zero attached hydrogens (tertiary/aromatic N) is 2. The fraction of sp³-hybridized carbons (Fsp3) is 0.444. The maximum atomic E-state index is 11.8. The van der Waals surface area contributed by atoms with E-state index in [2.05, 4.69) is 15.6 Å². The molecule has 2 heterocycles. The van der Waals surface area contributed by atoms with Gasteiger partial charge in [-0.3, -0.25) is 4.79 Å². The van der Waals surface area contributed by atoms with Gasteiger partial charge in [-0.1, -0.05) is 26.0 Å². The van der Waals surface area contributed by atoms with Crippen LogP contribution in [0.4, 0.5) is 10.8 Å². The topological polar surface area (TPSA) is 45.2 Å². The lowest BCUT2D eigenvalue weighted by atomic mass is 10.1. The lowest BCUT2D eigenvalue weighted by Crippen LogP contribution is -2.29. The van der Waals surface area contributed by atoms with Crippen LogP contribution in [0.5, 0.6) is 0 Å². The molecule has 0 saturated carbocycles. The van der Waals surface area contributed by atoms with Crippen molar-refractivity contribution in [2.24, 2.45) is 5.92 Å². The zero-order valence-corrected chi connectivity index (χ0v) is 14.5. The highest BCUT2D eigenvalue weighted by Gasteiger charge is 2.15. The Labute approximate surface area is 141 Å². The average molecular weight is 329 g/mol. The van der Waals surface area contributed by atoms with E-state index in [1.54, 1.807) is 11.3 Å². The molecule has 2 aromatic rings. The van der Waals surface area contributed by atoms with Gasteiger partial charge in [-0.25, -0.2) is 4.98 Å². The van der Waals surface area contributed by atoms with Gasteiger partial charge in [0.15, 0.2) is 5.13 Å². The molecular formula is C18H23N3OS. The second-order valence-electron chi connectivity index (χ2n) is 6.29. The normalized spacial score (nSPS) is 15.0. The fourth-order valence-corrected chi connectivity index (χ4v) is 3.56. The van der Waals surface area contributed by atoms with Gasteiger partial charge in [0.2, 0.25) is 5.91 Å². The van der Waals surface area contributed by atoms with Crippen molar-refractivity contribution in [3.63, 3.8) is 0 Å². The van der Waals surface area contributed by atoms with E-state index < -0.39 is 0 Å². The molecule has 4 nitrogen and oxygen atoms in total. The monoisotopic (exact) mass is 329 g/mol.